The molecule has 2 N–H and O–H groups in total. The van der Waals surface area contributed by atoms with Gasteiger partial charge in [-0.3, -0.25) is 9.88 Å². The van der Waals surface area contributed by atoms with Gasteiger partial charge in [-0.2, -0.15) is 0 Å². The van der Waals surface area contributed by atoms with E-state index in [1.807, 2.05) is 25.5 Å². The van der Waals surface area contributed by atoms with Crippen LogP contribution in [-0.4, -0.2) is 52.2 Å². The number of aromatic nitrogens is 3. The largest absolute Gasteiger partial charge is 0.396 e. The van der Waals surface area contributed by atoms with Gasteiger partial charge in [-0.1, -0.05) is 0 Å². The van der Waals surface area contributed by atoms with Crippen molar-refractivity contribution in [3.05, 3.63) is 36.7 Å². The molecule has 0 bridgehead atoms. The monoisotopic (exact) mass is 286 g/mol. The highest BCUT2D eigenvalue weighted by Crippen LogP contribution is 2.22. The van der Waals surface area contributed by atoms with Crippen LogP contribution in [0.2, 0.25) is 0 Å². The fourth-order valence-corrected chi connectivity index (χ4v) is 2.80. The normalized spacial score (nSPS) is 16.3. The van der Waals surface area contributed by atoms with Crippen molar-refractivity contribution in [2.75, 3.05) is 43.4 Å². The van der Waals surface area contributed by atoms with Gasteiger partial charge in [0.25, 0.3) is 0 Å². The average molecular weight is 286 g/mol. The summed E-state index contributed by atoms with van der Waals surface area (Å²) in [5, 5.41) is 0. The van der Waals surface area contributed by atoms with Crippen LogP contribution in [0.1, 0.15) is 5.82 Å². The summed E-state index contributed by atoms with van der Waals surface area (Å²) in [4.78, 5) is 13.3. The first-order valence-electron chi connectivity index (χ1n) is 7.37. The van der Waals surface area contributed by atoms with Crippen molar-refractivity contribution >= 4 is 11.4 Å². The Morgan fingerprint density at radius 2 is 2.00 bits per heavy atom. The van der Waals surface area contributed by atoms with Crippen LogP contribution in [0.5, 0.6) is 0 Å². The van der Waals surface area contributed by atoms with Crippen molar-refractivity contribution in [2.24, 2.45) is 7.05 Å². The van der Waals surface area contributed by atoms with Gasteiger partial charge in [0, 0.05) is 64.8 Å². The van der Waals surface area contributed by atoms with E-state index in [1.54, 1.807) is 12.4 Å². The summed E-state index contributed by atoms with van der Waals surface area (Å²) >= 11 is 0. The Kier molecular flexibility index (Phi) is 4.06. The van der Waals surface area contributed by atoms with Gasteiger partial charge in [0.15, 0.2) is 0 Å². The van der Waals surface area contributed by atoms with E-state index >= 15 is 0 Å². The minimum Gasteiger partial charge on any atom is -0.396 e. The quantitative estimate of drug-likeness (QED) is 0.899. The van der Waals surface area contributed by atoms with Gasteiger partial charge >= 0.3 is 0 Å². The topological polar surface area (TPSA) is 63.2 Å². The fourth-order valence-electron chi connectivity index (χ4n) is 2.80. The molecule has 2 aromatic rings. The van der Waals surface area contributed by atoms with Crippen molar-refractivity contribution in [2.45, 2.75) is 6.42 Å². The number of rotatable bonds is 4. The van der Waals surface area contributed by atoms with E-state index in [0.29, 0.717) is 0 Å². The van der Waals surface area contributed by atoms with E-state index in [2.05, 4.69) is 24.3 Å². The second kappa shape index (κ2) is 6.13. The molecule has 21 heavy (non-hydrogen) atoms. The highest BCUT2D eigenvalue weighted by Gasteiger charge is 2.18. The van der Waals surface area contributed by atoms with Gasteiger partial charge in [0.2, 0.25) is 0 Å². The van der Waals surface area contributed by atoms with Crippen molar-refractivity contribution in [3.63, 3.8) is 0 Å². The second-order valence-electron chi connectivity index (χ2n) is 5.47. The lowest BCUT2D eigenvalue weighted by Crippen LogP contribution is -2.47. The molecule has 0 radical (unpaired) electrons. The molecule has 112 valence electrons. The maximum atomic E-state index is 6.00. The number of nitrogens with zero attached hydrogens (tertiary/aromatic N) is 5. The number of pyridine rings is 1. The van der Waals surface area contributed by atoms with Gasteiger partial charge in [-0.15, -0.1) is 0 Å². The van der Waals surface area contributed by atoms with Crippen molar-refractivity contribution < 1.29 is 0 Å². The van der Waals surface area contributed by atoms with Crippen molar-refractivity contribution in [3.8, 4) is 0 Å². The minimum absolute atomic E-state index is 0.763. The third kappa shape index (κ3) is 3.16. The molecule has 2 aromatic heterocycles. The van der Waals surface area contributed by atoms with E-state index in [-0.39, 0.29) is 0 Å². The first-order chi connectivity index (χ1) is 10.2. The van der Waals surface area contributed by atoms with Crippen LogP contribution in [0.15, 0.2) is 30.9 Å². The van der Waals surface area contributed by atoms with Gasteiger partial charge < -0.3 is 15.2 Å². The Morgan fingerprint density at radius 3 is 2.67 bits per heavy atom. The number of piperazine rings is 1. The van der Waals surface area contributed by atoms with Crippen molar-refractivity contribution in [1.29, 1.82) is 0 Å². The Bertz CT molecular complexity index is 585. The number of nitrogen functional groups attached to an aromatic ring is 1. The lowest BCUT2D eigenvalue weighted by molar-refractivity contribution is 0.259. The summed E-state index contributed by atoms with van der Waals surface area (Å²) in [6, 6.07) is 2.00. The molecule has 1 fully saturated rings. The summed E-state index contributed by atoms with van der Waals surface area (Å²) in [6.45, 7) is 5.20. The van der Waals surface area contributed by atoms with Crippen LogP contribution >= 0.6 is 0 Å². The number of nitrogens with two attached hydrogens (primary N) is 1. The molecule has 0 aromatic carbocycles. The zero-order chi connectivity index (χ0) is 14.7. The highest BCUT2D eigenvalue weighted by molar-refractivity contribution is 5.66. The molecule has 0 unspecified atom stereocenters. The summed E-state index contributed by atoms with van der Waals surface area (Å²) in [5.74, 6) is 1.15. The standard InChI is InChI=1S/C15H22N6/c1-19-7-5-18-15(19)3-6-20-8-10-21(11-9-20)14-2-4-17-12-13(14)16/h2,4-5,7,12H,3,6,8-11,16H2,1H3. The number of hydrogen-bond donors (Lipinski definition) is 1. The summed E-state index contributed by atoms with van der Waals surface area (Å²) in [5.41, 5.74) is 7.86. The zero-order valence-electron chi connectivity index (χ0n) is 12.4. The first kappa shape index (κ1) is 13.9. The molecule has 1 saturated heterocycles. The third-order valence-electron chi connectivity index (χ3n) is 4.11. The highest BCUT2D eigenvalue weighted by atomic mass is 15.3. The number of aryl methyl sites for hydroxylation is 1. The second-order valence-corrected chi connectivity index (χ2v) is 5.47. The molecular formula is C15H22N6. The van der Waals surface area contributed by atoms with Gasteiger partial charge in [-0.05, 0) is 6.07 Å². The van der Waals surface area contributed by atoms with Gasteiger partial charge in [0.1, 0.15) is 5.82 Å². The Hall–Kier alpha value is -2.08. The molecule has 1 aliphatic heterocycles. The molecule has 1 aliphatic rings. The molecule has 3 heterocycles. The molecule has 0 atom stereocenters. The van der Waals surface area contributed by atoms with Crippen LogP contribution in [-0.2, 0) is 13.5 Å². The number of hydrogen-bond acceptors (Lipinski definition) is 5. The Labute approximate surface area is 125 Å². The van der Waals surface area contributed by atoms with Crippen LogP contribution in [0, 0.1) is 0 Å². The molecule has 6 nitrogen and oxygen atoms in total. The van der Waals surface area contributed by atoms with E-state index in [0.717, 1.165) is 56.3 Å². The van der Waals surface area contributed by atoms with Crippen LogP contribution in [0.3, 0.4) is 0 Å². The molecule has 6 heteroatoms. The number of anilines is 2. The molecule has 3 rings (SSSR count). The fraction of sp³-hybridized carbons (Fsp3) is 0.467. The maximum absolute atomic E-state index is 6.00. The molecule has 0 saturated carbocycles. The summed E-state index contributed by atoms with van der Waals surface area (Å²) in [6.07, 6.45) is 8.39. The van der Waals surface area contributed by atoms with E-state index in [9.17, 15) is 0 Å². The van der Waals surface area contributed by atoms with Crippen molar-refractivity contribution in [1.82, 2.24) is 19.4 Å². The van der Waals surface area contributed by atoms with Crippen LogP contribution in [0.25, 0.3) is 0 Å². The average Bonchev–Trinajstić information content (AvgIpc) is 2.92. The first-order valence-corrected chi connectivity index (χ1v) is 7.37. The summed E-state index contributed by atoms with van der Waals surface area (Å²) in [7, 11) is 2.05. The van der Waals surface area contributed by atoms with Gasteiger partial charge in [0.05, 0.1) is 17.6 Å². The Morgan fingerprint density at radius 1 is 1.19 bits per heavy atom. The van der Waals surface area contributed by atoms with E-state index < -0.39 is 0 Å². The molecule has 0 spiro atoms. The predicted octanol–water partition coefficient (Wildman–Crippen LogP) is 0.762. The lowest BCUT2D eigenvalue weighted by Gasteiger charge is -2.36. The molecule has 0 aliphatic carbocycles. The third-order valence-corrected chi connectivity index (χ3v) is 4.11. The predicted molar refractivity (Wildman–Crippen MR) is 84.2 cm³/mol. The van der Waals surface area contributed by atoms with Crippen LogP contribution in [0.4, 0.5) is 11.4 Å². The molecule has 0 amide bonds. The van der Waals surface area contributed by atoms with Crippen LogP contribution < -0.4 is 10.6 Å². The van der Waals surface area contributed by atoms with E-state index in [4.69, 9.17) is 5.73 Å². The minimum atomic E-state index is 0.763. The summed E-state index contributed by atoms with van der Waals surface area (Å²) < 4.78 is 2.09. The lowest BCUT2D eigenvalue weighted by atomic mass is 10.2. The maximum Gasteiger partial charge on any atom is 0.109 e. The Balaban J connectivity index is 1.51. The number of imidazole rings is 1. The molecular weight excluding hydrogens is 264 g/mol. The smallest absolute Gasteiger partial charge is 0.109 e. The zero-order valence-corrected chi connectivity index (χ0v) is 12.4. The SMILES string of the molecule is Cn1ccnc1CCN1CCN(c2ccncc2N)CC1. The van der Waals surface area contributed by atoms with Gasteiger partial charge in [-0.25, -0.2) is 4.98 Å². The van der Waals surface area contributed by atoms with E-state index in [1.165, 1.54) is 0 Å².